The van der Waals surface area contributed by atoms with Crippen LogP contribution in [0.15, 0.2) is 0 Å². The Labute approximate surface area is 129 Å². The van der Waals surface area contributed by atoms with Crippen LogP contribution in [-0.2, 0) is 0 Å². The molecule has 0 amide bonds. The van der Waals surface area contributed by atoms with Gasteiger partial charge in [-0.05, 0) is 89.1 Å². The number of aliphatic hydroxyl groups excluding tert-OH is 1. The number of piperidine rings is 3. The maximum atomic E-state index is 9.01. The van der Waals surface area contributed by atoms with Crippen LogP contribution in [0.4, 0.5) is 0 Å². The minimum Gasteiger partial charge on any atom is -0.395 e. The van der Waals surface area contributed by atoms with Gasteiger partial charge in [-0.3, -0.25) is 0 Å². The lowest BCUT2D eigenvalue weighted by Crippen LogP contribution is -2.47. The highest BCUT2D eigenvalue weighted by Gasteiger charge is 2.36. The molecular formula is C17H33N3O. The number of rotatable bonds is 4. The number of hydrogen-bond acceptors (Lipinski definition) is 4. The summed E-state index contributed by atoms with van der Waals surface area (Å²) in [4.78, 5) is 5.15. The van der Waals surface area contributed by atoms with E-state index in [4.69, 9.17) is 5.11 Å². The zero-order valence-electron chi connectivity index (χ0n) is 13.5. The summed E-state index contributed by atoms with van der Waals surface area (Å²) in [7, 11) is 0. The normalized spacial score (nSPS) is 29.0. The molecule has 4 nitrogen and oxygen atoms in total. The lowest BCUT2D eigenvalue weighted by molar-refractivity contribution is 0.0543. The van der Waals surface area contributed by atoms with Crippen molar-refractivity contribution >= 4 is 0 Å². The van der Waals surface area contributed by atoms with E-state index in [0.29, 0.717) is 12.0 Å². The first-order chi connectivity index (χ1) is 10.3. The lowest BCUT2D eigenvalue weighted by Gasteiger charge is -2.45. The van der Waals surface area contributed by atoms with Crippen molar-refractivity contribution in [3.8, 4) is 0 Å². The van der Waals surface area contributed by atoms with Crippen molar-refractivity contribution in [3.63, 3.8) is 0 Å². The topological polar surface area (TPSA) is 38.7 Å². The van der Waals surface area contributed by atoms with E-state index in [9.17, 15) is 0 Å². The number of hydrogen-bond donors (Lipinski definition) is 2. The summed E-state index contributed by atoms with van der Waals surface area (Å²) < 4.78 is 0. The van der Waals surface area contributed by atoms with Crippen molar-refractivity contribution < 1.29 is 5.11 Å². The van der Waals surface area contributed by atoms with E-state index in [2.05, 4.69) is 15.1 Å². The third kappa shape index (κ3) is 4.19. The van der Waals surface area contributed by atoms with Crippen LogP contribution in [0.5, 0.6) is 0 Å². The summed E-state index contributed by atoms with van der Waals surface area (Å²) >= 11 is 0. The van der Waals surface area contributed by atoms with E-state index in [1.807, 2.05) is 0 Å². The van der Waals surface area contributed by atoms with E-state index in [0.717, 1.165) is 12.5 Å². The molecule has 122 valence electrons. The first-order valence-electron chi connectivity index (χ1n) is 9.06. The molecule has 0 atom stereocenters. The Hall–Kier alpha value is -0.160. The molecule has 0 saturated carbocycles. The van der Waals surface area contributed by atoms with Crippen LogP contribution in [0.2, 0.25) is 0 Å². The average Bonchev–Trinajstić information content (AvgIpc) is 2.53. The van der Waals surface area contributed by atoms with Crippen LogP contribution in [0.1, 0.15) is 38.5 Å². The SMILES string of the molecule is OCCN1CCC(CN2CCC3(CCNCC3)CC2)CC1. The highest BCUT2D eigenvalue weighted by molar-refractivity contribution is 4.90. The number of nitrogens with zero attached hydrogens (tertiary/aromatic N) is 2. The van der Waals surface area contributed by atoms with Gasteiger partial charge in [-0.15, -0.1) is 0 Å². The lowest BCUT2D eigenvalue weighted by atomic mass is 9.71. The van der Waals surface area contributed by atoms with Gasteiger partial charge in [-0.1, -0.05) is 0 Å². The molecule has 0 aromatic rings. The summed E-state index contributed by atoms with van der Waals surface area (Å²) in [5.74, 6) is 0.891. The van der Waals surface area contributed by atoms with Gasteiger partial charge in [-0.2, -0.15) is 0 Å². The fourth-order valence-electron chi connectivity index (χ4n) is 4.57. The van der Waals surface area contributed by atoms with Crippen LogP contribution in [0.3, 0.4) is 0 Å². The van der Waals surface area contributed by atoms with Crippen LogP contribution in [0, 0.1) is 11.3 Å². The molecule has 1 spiro atoms. The van der Waals surface area contributed by atoms with Crippen LogP contribution < -0.4 is 5.32 Å². The highest BCUT2D eigenvalue weighted by Crippen LogP contribution is 2.39. The molecule has 0 aromatic heterocycles. The van der Waals surface area contributed by atoms with Crippen molar-refractivity contribution in [1.29, 1.82) is 0 Å². The quantitative estimate of drug-likeness (QED) is 0.816. The van der Waals surface area contributed by atoms with Gasteiger partial charge in [0.25, 0.3) is 0 Å². The van der Waals surface area contributed by atoms with E-state index in [1.54, 1.807) is 0 Å². The fraction of sp³-hybridized carbons (Fsp3) is 1.00. The maximum Gasteiger partial charge on any atom is 0.0558 e. The number of likely N-dealkylation sites (tertiary alicyclic amines) is 2. The largest absolute Gasteiger partial charge is 0.395 e. The van der Waals surface area contributed by atoms with Crippen molar-refractivity contribution in [1.82, 2.24) is 15.1 Å². The standard InChI is InChI=1S/C17H33N3O/c21-14-13-19-9-1-16(2-10-19)15-20-11-5-17(6-12-20)3-7-18-8-4-17/h16,18,21H,1-15H2. The molecule has 0 bridgehead atoms. The molecule has 3 aliphatic rings. The van der Waals surface area contributed by atoms with Gasteiger partial charge in [0.2, 0.25) is 0 Å². The minimum absolute atomic E-state index is 0.313. The van der Waals surface area contributed by atoms with Gasteiger partial charge in [-0.25, -0.2) is 0 Å². The summed E-state index contributed by atoms with van der Waals surface area (Å²) in [6.45, 7) is 10.0. The van der Waals surface area contributed by atoms with E-state index < -0.39 is 0 Å². The van der Waals surface area contributed by atoms with Gasteiger partial charge in [0, 0.05) is 13.1 Å². The predicted molar refractivity (Wildman–Crippen MR) is 86.5 cm³/mol. The molecule has 3 rings (SSSR count). The van der Waals surface area contributed by atoms with Gasteiger partial charge < -0.3 is 20.2 Å². The molecule has 3 fully saturated rings. The van der Waals surface area contributed by atoms with Crippen LogP contribution in [0.25, 0.3) is 0 Å². The van der Waals surface area contributed by atoms with Crippen molar-refractivity contribution in [2.75, 3.05) is 59.0 Å². The third-order valence-electron chi connectivity index (χ3n) is 6.22. The third-order valence-corrected chi connectivity index (χ3v) is 6.22. The van der Waals surface area contributed by atoms with E-state index in [1.165, 1.54) is 84.3 Å². The Bertz CT molecular complexity index is 299. The second-order valence-electron chi connectivity index (χ2n) is 7.56. The van der Waals surface area contributed by atoms with Crippen molar-refractivity contribution in [3.05, 3.63) is 0 Å². The maximum absolute atomic E-state index is 9.01. The average molecular weight is 295 g/mol. The molecule has 4 heteroatoms. The first-order valence-corrected chi connectivity index (χ1v) is 9.06. The zero-order chi connectivity index (χ0) is 14.5. The minimum atomic E-state index is 0.313. The Morgan fingerprint density at radius 3 is 2.19 bits per heavy atom. The molecule has 3 heterocycles. The fourth-order valence-corrected chi connectivity index (χ4v) is 4.57. The van der Waals surface area contributed by atoms with Gasteiger partial charge in [0.05, 0.1) is 6.61 Å². The molecule has 0 unspecified atom stereocenters. The summed E-state index contributed by atoms with van der Waals surface area (Å²) in [5, 5.41) is 12.5. The van der Waals surface area contributed by atoms with E-state index >= 15 is 0 Å². The van der Waals surface area contributed by atoms with Crippen LogP contribution >= 0.6 is 0 Å². The smallest absolute Gasteiger partial charge is 0.0558 e. The van der Waals surface area contributed by atoms with Crippen molar-refractivity contribution in [2.45, 2.75) is 38.5 Å². The Morgan fingerprint density at radius 1 is 0.905 bits per heavy atom. The van der Waals surface area contributed by atoms with Crippen molar-refractivity contribution in [2.24, 2.45) is 11.3 Å². The molecular weight excluding hydrogens is 262 g/mol. The predicted octanol–water partition coefficient (Wildman–Crippen LogP) is 1.16. The Balaban J connectivity index is 1.38. The molecule has 0 aromatic carbocycles. The number of nitrogens with one attached hydrogen (secondary N) is 1. The second-order valence-corrected chi connectivity index (χ2v) is 7.56. The monoisotopic (exact) mass is 295 g/mol. The molecule has 3 saturated heterocycles. The Morgan fingerprint density at radius 2 is 1.57 bits per heavy atom. The zero-order valence-corrected chi connectivity index (χ0v) is 13.5. The molecule has 0 radical (unpaired) electrons. The summed E-state index contributed by atoms with van der Waals surface area (Å²) in [6.07, 6.45) is 8.31. The van der Waals surface area contributed by atoms with Gasteiger partial charge in [0.1, 0.15) is 0 Å². The molecule has 21 heavy (non-hydrogen) atoms. The second kappa shape index (κ2) is 7.40. The van der Waals surface area contributed by atoms with Gasteiger partial charge in [0.15, 0.2) is 0 Å². The summed E-state index contributed by atoms with van der Waals surface area (Å²) in [5.41, 5.74) is 0.687. The van der Waals surface area contributed by atoms with Gasteiger partial charge >= 0.3 is 0 Å². The van der Waals surface area contributed by atoms with Crippen LogP contribution in [-0.4, -0.2) is 73.9 Å². The number of aliphatic hydroxyl groups is 1. The van der Waals surface area contributed by atoms with E-state index in [-0.39, 0.29) is 0 Å². The molecule has 0 aliphatic carbocycles. The Kier molecular flexibility index (Phi) is 5.54. The first kappa shape index (κ1) is 15.7. The summed E-state index contributed by atoms with van der Waals surface area (Å²) in [6, 6.07) is 0. The highest BCUT2D eigenvalue weighted by atomic mass is 16.3. The molecule has 2 N–H and O–H groups in total. The molecule has 3 aliphatic heterocycles. The number of β-amino-alcohol motifs (C(OH)–C–C–N with tert-alkyl or cyclic N) is 1.